The zero-order chi connectivity index (χ0) is 30.2. The molecule has 1 saturated carbocycles. The molecule has 0 atom stereocenters. The Kier molecular flexibility index (Phi) is 7.52. The molecule has 2 aromatic heterocycles. The number of alkyl halides is 3. The summed E-state index contributed by atoms with van der Waals surface area (Å²) in [7, 11) is 3.15. The molecule has 4 aromatic rings. The van der Waals surface area contributed by atoms with Crippen LogP contribution in [0, 0.1) is 11.6 Å². The van der Waals surface area contributed by atoms with Crippen LogP contribution in [0.25, 0.3) is 11.1 Å². The Labute approximate surface area is 236 Å². The van der Waals surface area contributed by atoms with Crippen molar-refractivity contribution in [2.45, 2.75) is 37.3 Å². The van der Waals surface area contributed by atoms with E-state index >= 15 is 0 Å². The summed E-state index contributed by atoms with van der Waals surface area (Å²) < 4.78 is 74.0. The molecule has 1 aliphatic carbocycles. The second-order valence-corrected chi connectivity index (χ2v) is 10.3. The quantitative estimate of drug-likeness (QED) is 0.275. The summed E-state index contributed by atoms with van der Waals surface area (Å²) in [6.07, 6.45) is -2.10. The highest BCUT2D eigenvalue weighted by Crippen LogP contribution is 2.59. The maximum Gasteiger partial charge on any atom is 0.401 e. The molecule has 2 amide bonds. The van der Waals surface area contributed by atoms with Crippen molar-refractivity contribution in [3.05, 3.63) is 94.8 Å². The average molecular weight is 586 g/mol. The van der Waals surface area contributed by atoms with Crippen LogP contribution in [0.5, 0.6) is 0 Å². The molecule has 0 saturated heterocycles. The van der Waals surface area contributed by atoms with Crippen molar-refractivity contribution in [1.29, 1.82) is 0 Å². The minimum atomic E-state index is -4.48. The van der Waals surface area contributed by atoms with Crippen LogP contribution in [-0.2, 0) is 23.1 Å². The lowest BCUT2D eigenvalue weighted by molar-refractivity contribution is -0.165. The molecule has 8 nitrogen and oxygen atoms in total. The Bertz CT molecular complexity index is 1650. The fourth-order valence-corrected chi connectivity index (χ4v) is 4.43. The highest BCUT2D eigenvalue weighted by atomic mass is 19.4. The van der Waals surface area contributed by atoms with Crippen LogP contribution in [0.2, 0.25) is 0 Å². The Morgan fingerprint density at radius 1 is 0.952 bits per heavy atom. The molecular weight excluding hydrogens is 561 g/mol. The molecule has 1 N–H and O–H groups in total. The zero-order valence-corrected chi connectivity index (χ0v) is 22.4. The summed E-state index contributed by atoms with van der Waals surface area (Å²) in [5, 5.41) is 5.83. The van der Waals surface area contributed by atoms with Crippen molar-refractivity contribution in [2.75, 3.05) is 19.4 Å². The monoisotopic (exact) mass is 585 g/mol. The molecule has 0 radical (unpaired) electrons. The van der Waals surface area contributed by atoms with Gasteiger partial charge in [0.05, 0.1) is 6.42 Å². The van der Waals surface area contributed by atoms with Crippen molar-refractivity contribution in [1.82, 2.24) is 20.0 Å². The molecule has 0 aliphatic heterocycles. The highest BCUT2D eigenvalue weighted by Gasteiger charge is 2.66. The van der Waals surface area contributed by atoms with E-state index in [4.69, 9.17) is 4.52 Å². The Morgan fingerprint density at radius 2 is 1.62 bits per heavy atom. The van der Waals surface area contributed by atoms with Crippen LogP contribution in [-0.4, -0.2) is 52.1 Å². The lowest BCUT2D eigenvalue weighted by Gasteiger charge is -2.14. The number of nitrogens with zero attached hydrogens (tertiary/aromatic N) is 4. The molecule has 0 bridgehead atoms. The first-order chi connectivity index (χ1) is 19.9. The summed E-state index contributed by atoms with van der Waals surface area (Å²) >= 11 is 0. The Morgan fingerprint density at radius 3 is 2.21 bits per heavy atom. The van der Waals surface area contributed by atoms with Crippen LogP contribution >= 0.6 is 0 Å². The van der Waals surface area contributed by atoms with Crippen molar-refractivity contribution in [2.24, 2.45) is 0 Å². The first-order valence-corrected chi connectivity index (χ1v) is 12.8. The second kappa shape index (κ2) is 11.0. The van der Waals surface area contributed by atoms with Gasteiger partial charge in [-0.25, -0.2) is 18.7 Å². The van der Waals surface area contributed by atoms with E-state index in [1.807, 2.05) is 0 Å². The third-order valence-electron chi connectivity index (χ3n) is 7.04. The Hall–Kier alpha value is -4.68. The van der Waals surface area contributed by atoms with E-state index in [0.717, 1.165) is 12.1 Å². The van der Waals surface area contributed by atoms with Crippen molar-refractivity contribution < 1.29 is 36.1 Å². The van der Waals surface area contributed by atoms with Gasteiger partial charge in [0.15, 0.2) is 11.6 Å². The molecule has 13 heteroatoms. The third-order valence-corrected chi connectivity index (χ3v) is 7.04. The number of anilines is 1. The van der Waals surface area contributed by atoms with Crippen LogP contribution in [0.1, 0.15) is 45.9 Å². The summed E-state index contributed by atoms with van der Waals surface area (Å²) in [5.41, 5.74) is -0.569. The van der Waals surface area contributed by atoms with Crippen molar-refractivity contribution in [3.63, 3.8) is 0 Å². The second-order valence-electron chi connectivity index (χ2n) is 10.3. The van der Waals surface area contributed by atoms with E-state index in [-0.39, 0.29) is 47.9 Å². The Balaban J connectivity index is 1.21. The largest absolute Gasteiger partial charge is 0.401 e. The molecule has 1 aliphatic rings. The van der Waals surface area contributed by atoms with Gasteiger partial charge in [-0.2, -0.15) is 13.2 Å². The minimum absolute atomic E-state index is 0.0538. The van der Waals surface area contributed by atoms with Crippen LogP contribution in [0.3, 0.4) is 0 Å². The van der Waals surface area contributed by atoms with E-state index in [2.05, 4.69) is 20.4 Å². The number of carbonyl (C=O) groups excluding carboxylic acids is 2. The number of aromatic nitrogens is 3. The van der Waals surface area contributed by atoms with Gasteiger partial charge in [0.1, 0.15) is 22.9 Å². The normalized spacial score (nSPS) is 14.0. The number of hydrogen-bond donors (Lipinski definition) is 1. The molecule has 5 rings (SSSR count). The van der Waals surface area contributed by atoms with E-state index in [0.29, 0.717) is 22.5 Å². The number of nitrogens with one attached hydrogen (secondary N) is 1. The lowest BCUT2D eigenvalue weighted by Crippen LogP contribution is -2.28. The number of rotatable bonds is 8. The van der Waals surface area contributed by atoms with E-state index in [1.165, 1.54) is 41.6 Å². The summed E-state index contributed by atoms with van der Waals surface area (Å²) in [5.74, 6) is -2.48. The number of benzene rings is 2. The van der Waals surface area contributed by atoms with Gasteiger partial charge in [-0.05, 0) is 47.7 Å². The van der Waals surface area contributed by atoms with Crippen molar-refractivity contribution in [3.8, 4) is 11.1 Å². The zero-order valence-electron chi connectivity index (χ0n) is 22.4. The van der Waals surface area contributed by atoms with E-state index < -0.39 is 35.6 Å². The van der Waals surface area contributed by atoms with Gasteiger partial charge in [0.25, 0.3) is 5.91 Å². The molecule has 2 aromatic carbocycles. The van der Waals surface area contributed by atoms with Gasteiger partial charge in [-0.3, -0.25) is 9.59 Å². The molecule has 2 heterocycles. The first kappa shape index (κ1) is 28.8. The average Bonchev–Trinajstić information content (AvgIpc) is 3.64. The SMILES string of the molecule is CN(C)C(=O)c1ccc(Cc2ncc(-c3ccc(CC(=O)Nc4cc(C5(C(F)(F)F)CC5)on4)c(F)c3)cn2)c(F)c1. The van der Waals surface area contributed by atoms with E-state index in [9.17, 15) is 31.5 Å². The maximum absolute atomic E-state index is 14.8. The maximum atomic E-state index is 14.8. The summed E-state index contributed by atoms with van der Waals surface area (Å²) in [6, 6.07) is 9.41. The molecule has 42 heavy (non-hydrogen) atoms. The summed E-state index contributed by atoms with van der Waals surface area (Å²) in [4.78, 5) is 34.3. The van der Waals surface area contributed by atoms with Gasteiger partial charge in [-0.15, -0.1) is 0 Å². The van der Waals surface area contributed by atoms with Crippen LogP contribution in [0.15, 0.2) is 59.4 Å². The van der Waals surface area contributed by atoms with Crippen LogP contribution < -0.4 is 5.32 Å². The summed E-state index contributed by atoms with van der Waals surface area (Å²) in [6.45, 7) is 0. The third kappa shape index (κ3) is 5.85. The number of amides is 2. The number of halogens is 5. The first-order valence-electron chi connectivity index (χ1n) is 12.8. The highest BCUT2D eigenvalue weighted by molar-refractivity contribution is 5.94. The molecule has 0 unspecified atom stereocenters. The van der Waals surface area contributed by atoms with Gasteiger partial charge in [-0.1, -0.05) is 23.4 Å². The molecule has 218 valence electrons. The number of hydrogen-bond acceptors (Lipinski definition) is 6. The van der Waals surface area contributed by atoms with Gasteiger partial charge in [0, 0.05) is 50.1 Å². The predicted octanol–water partition coefficient (Wildman–Crippen LogP) is 5.48. The van der Waals surface area contributed by atoms with Gasteiger partial charge >= 0.3 is 6.18 Å². The topological polar surface area (TPSA) is 101 Å². The molecule has 0 spiro atoms. The van der Waals surface area contributed by atoms with Crippen molar-refractivity contribution >= 4 is 17.6 Å². The van der Waals surface area contributed by atoms with E-state index in [1.54, 1.807) is 20.2 Å². The number of carbonyl (C=O) groups is 2. The lowest BCUT2D eigenvalue weighted by atomic mass is 10.0. The van der Waals surface area contributed by atoms with Crippen LogP contribution in [0.4, 0.5) is 27.8 Å². The molecular formula is C29H24F5N5O3. The minimum Gasteiger partial charge on any atom is -0.358 e. The molecule has 1 fully saturated rings. The fraction of sp³-hybridized carbons (Fsp3) is 0.276. The smallest absolute Gasteiger partial charge is 0.358 e. The van der Waals surface area contributed by atoms with Gasteiger partial charge < -0.3 is 14.7 Å². The predicted molar refractivity (Wildman–Crippen MR) is 140 cm³/mol. The fourth-order valence-electron chi connectivity index (χ4n) is 4.43. The van der Waals surface area contributed by atoms with Gasteiger partial charge in [0.2, 0.25) is 5.91 Å². The standard InChI is InChI=1S/C29H24F5N5O3/c1-39(2)27(41)19-6-5-17(22(31)10-19)11-24-35-14-20(15-36-24)16-3-4-18(21(30)9-16)12-26(40)37-25-13-23(42-38-25)28(7-8-28)29(32,33)34/h3-6,9-10,13-15H,7-8,11-12H2,1-2H3,(H,37,38,40).